The summed E-state index contributed by atoms with van der Waals surface area (Å²) in [5, 5.41) is 13.1. The van der Waals surface area contributed by atoms with E-state index in [2.05, 4.69) is 42.0 Å². The number of nitrogens with one attached hydrogen (secondary N) is 1. The maximum absolute atomic E-state index is 10.1. The summed E-state index contributed by atoms with van der Waals surface area (Å²) in [5.41, 5.74) is 7.78. The third-order valence-electron chi connectivity index (χ3n) is 3.36. The SMILES string of the molecule is C/C=C/N(N)CC(C)(C)C.CNC(C)/C(Br)=C(\C)N.N#Cc1ccc(C=O)cc1. The van der Waals surface area contributed by atoms with Gasteiger partial charge in [0.2, 0.25) is 0 Å². The van der Waals surface area contributed by atoms with Gasteiger partial charge in [-0.2, -0.15) is 5.26 Å². The van der Waals surface area contributed by atoms with Crippen molar-refractivity contribution in [1.29, 1.82) is 5.26 Å². The van der Waals surface area contributed by atoms with Crippen molar-refractivity contribution in [3.05, 3.63) is 57.8 Å². The van der Waals surface area contributed by atoms with Gasteiger partial charge in [-0.1, -0.05) is 54.9 Å². The number of hydrazine groups is 1. The van der Waals surface area contributed by atoms with E-state index in [4.69, 9.17) is 16.8 Å². The van der Waals surface area contributed by atoms with Crippen molar-refractivity contribution in [1.82, 2.24) is 10.3 Å². The molecule has 0 radical (unpaired) electrons. The Hall–Kier alpha value is -2.14. The van der Waals surface area contributed by atoms with Crippen LogP contribution < -0.4 is 16.9 Å². The minimum atomic E-state index is 0.272. The molecule has 7 heteroatoms. The number of benzene rings is 1. The molecule has 0 aliphatic carbocycles. The zero-order valence-corrected chi connectivity index (χ0v) is 20.2. The zero-order chi connectivity index (χ0) is 23.0. The first-order valence-corrected chi connectivity index (χ1v) is 10.1. The summed E-state index contributed by atoms with van der Waals surface area (Å²) in [6.07, 6.45) is 4.57. The number of halogens is 1. The Morgan fingerprint density at radius 1 is 1.34 bits per heavy atom. The molecule has 1 unspecified atom stereocenters. The summed E-state index contributed by atoms with van der Waals surface area (Å²) in [5.74, 6) is 5.62. The number of likely N-dealkylation sites (N-methyl/N-ethyl adjacent to an activating group) is 1. The first-order chi connectivity index (χ1) is 13.4. The van der Waals surface area contributed by atoms with Crippen LogP contribution in [0.15, 0.2) is 46.7 Å². The number of rotatable bonds is 5. The van der Waals surface area contributed by atoms with Crippen LogP contribution in [0.5, 0.6) is 0 Å². The van der Waals surface area contributed by atoms with Gasteiger partial charge in [0.05, 0.1) is 11.6 Å². The van der Waals surface area contributed by atoms with Crippen molar-refractivity contribution in [2.75, 3.05) is 13.6 Å². The van der Waals surface area contributed by atoms with Crippen LogP contribution in [-0.2, 0) is 0 Å². The van der Waals surface area contributed by atoms with Crippen molar-refractivity contribution in [2.24, 2.45) is 17.0 Å². The molecule has 0 saturated carbocycles. The molecule has 0 fully saturated rings. The van der Waals surface area contributed by atoms with E-state index in [1.54, 1.807) is 29.3 Å². The third-order valence-corrected chi connectivity index (χ3v) is 4.68. The number of allylic oxidation sites excluding steroid dienone is 2. The number of hydrogen-bond acceptors (Lipinski definition) is 6. The summed E-state index contributed by atoms with van der Waals surface area (Å²) in [6, 6.07) is 8.74. The first-order valence-electron chi connectivity index (χ1n) is 9.30. The normalized spacial score (nSPS) is 12.4. The predicted molar refractivity (Wildman–Crippen MR) is 126 cm³/mol. The van der Waals surface area contributed by atoms with Gasteiger partial charge < -0.3 is 16.1 Å². The van der Waals surface area contributed by atoms with Gasteiger partial charge in [0, 0.05) is 34.5 Å². The molecule has 1 aromatic carbocycles. The molecule has 0 aromatic heterocycles. The highest BCUT2D eigenvalue weighted by atomic mass is 79.9. The molecular formula is C22H36BrN5O. The quantitative estimate of drug-likeness (QED) is 0.339. The summed E-state index contributed by atoms with van der Waals surface area (Å²) < 4.78 is 1.03. The Labute approximate surface area is 184 Å². The van der Waals surface area contributed by atoms with Crippen molar-refractivity contribution < 1.29 is 4.79 Å². The predicted octanol–water partition coefficient (Wildman–Crippen LogP) is 4.29. The van der Waals surface area contributed by atoms with E-state index < -0.39 is 0 Å². The largest absolute Gasteiger partial charge is 0.402 e. The van der Waals surface area contributed by atoms with Gasteiger partial charge in [0.1, 0.15) is 6.29 Å². The van der Waals surface area contributed by atoms with Crippen LogP contribution >= 0.6 is 15.9 Å². The lowest BCUT2D eigenvalue weighted by Gasteiger charge is -2.24. The molecule has 29 heavy (non-hydrogen) atoms. The fourth-order valence-electron chi connectivity index (χ4n) is 1.90. The van der Waals surface area contributed by atoms with Gasteiger partial charge in [-0.05, 0) is 45.4 Å². The highest BCUT2D eigenvalue weighted by Gasteiger charge is 2.11. The monoisotopic (exact) mass is 465 g/mol. The van der Waals surface area contributed by atoms with Gasteiger partial charge >= 0.3 is 0 Å². The standard InChI is InChI=1S/C8H18N2.C8H5NO.C6H13BrN2/c1-5-6-10(9)7-8(2,3)4;9-5-7-1-3-8(6-10)4-2-7;1-4(8)6(7)5(2)9-3/h5-6H,7,9H2,1-4H3;1-4,6H;5,9H,8H2,1-3H3/b6-5+;;6-4-. The molecule has 1 atom stereocenters. The average molecular weight is 466 g/mol. The van der Waals surface area contributed by atoms with Gasteiger partial charge in [-0.15, -0.1) is 0 Å². The second-order valence-corrected chi connectivity index (χ2v) is 8.46. The molecule has 0 amide bonds. The summed E-state index contributed by atoms with van der Waals surface area (Å²) in [4.78, 5) is 10.1. The lowest BCUT2D eigenvalue weighted by atomic mass is 9.97. The number of nitriles is 1. The minimum Gasteiger partial charge on any atom is -0.402 e. The Morgan fingerprint density at radius 3 is 2.14 bits per heavy atom. The van der Waals surface area contributed by atoms with E-state index >= 15 is 0 Å². The molecule has 0 saturated heterocycles. The molecule has 162 valence electrons. The summed E-state index contributed by atoms with van der Waals surface area (Å²) in [6.45, 7) is 13.3. The fraction of sp³-hybridized carbons (Fsp3) is 0.455. The molecule has 5 N–H and O–H groups in total. The molecule has 0 spiro atoms. The van der Waals surface area contributed by atoms with E-state index in [-0.39, 0.29) is 5.41 Å². The molecule has 0 aliphatic rings. The second kappa shape index (κ2) is 15.7. The first kappa shape index (κ1) is 29.1. The number of nitrogens with two attached hydrogens (primary N) is 2. The van der Waals surface area contributed by atoms with Crippen molar-refractivity contribution >= 4 is 22.2 Å². The minimum absolute atomic E-state index is 0.272. The molecule has 1 aromatic rings. The van der Waals surface area contributed by atoms with E-state index in [1.807, 2.05) is 46.2 Å². The molecule has 6 nitrogen and oxygen atoms in total. The van der Waals surface area contributed by atoms with Crippen LogP contribution in [0.25, 0.3) is 0 Å². The molecule has 0 aliphatic heterocycles. The van der Waals surface area contributed by atoms with Crippen LogP contribution in [0.4, 0.5) is 0 Å². The lowest BCUT2D eigenvalue weighted by molar-refractivity contribution is 0.112. The van der Waals surface area contributed by atoms with Crippen LogP contribution in [0.2, 0.25) is 0 Å². The van der Waals surface area contributed by atoms with E-state index in [9.17, 15) is 4.79 Å². The van der Waals surface area contributed by atoms with E-state index in [0.717, 1.165) is 23.0 Å². The maximum Gasteiger partial charge on any atom is 0.150 e. The molecule has 0 heterocycles. The number of carbonyl (C=O) groups excluding carboxylic acids is 1. The fourth-order valence-corrected chi connectivity index (χ4v) is 2.13. The van der Waals surface area contributed by atoms with Crippen LogP contribution in [-0.4, -0.2) is 30.9 Å². The topological polar surface area (TPSA) is 108 Å². The van der Waals surface area contributed by atoms with E-state index in [1.165, 1.54) is 0 Å². The Kier molecular flexibility index (Phi) is 15.8. The molecule has 0 bridgehead atoms. The van der Waals surface area contributed by atoms with E-state index in [0.29, 0.717) is 17.2 Å². The summed E-state index contributed by atoms with van der Waals surface area (Å²) in [7, 11) is 1.90. The number of carbonyl (C=O) groups is 1. The van der Waals surface area contributed by atoms with Gasteiger partial charge in [-0.3, -0.25) is 4.79 Å². The van der Waals surface area contributed by atoms with Crippen molar-refractivity contribution in [3.8, 4) is 6.07 Å². The van der Waals surface area contributed by atoms with Gasteiger partial charge in [0.15, 0.2) is 0 Å². The van der Waals surface area contributed by atoms with Crippen molar-refractivity contribution in [3.63, 3.8) is 0 Å². The lowest BCUT2D eigenvalue weighted by Crippen LogP contribution is -2.33. The molecular weight excluding hydrogens is 430 g/mol. The maximum atomic E-state index is 10.1. The van der Waals surface area contributed by atoms with Gasteiger partial charge in [0.25, 0.3) is 0 Å². The van der Waals surface area contributed by atoms with Gasteiger partial charge in [-0.25, -0.2) is 5.84 Å². The molecule has 1 rings (SSSR count). The Morgan fingerprint density at radius 2 is 1.86 bits per heavy atom. The van der Waals surface area contributed by atoms with Crippen LogP contribution in [0, 0.1) is 16.7 Å². The number of nitrogens with zero attached hydrogens (tertiary/aromatic N) is 2. The third kappa shape index (κ3) is 16.5. The average Bonchev–Trinajstić information content (AvgIpc) is 2.66. The van der Waals surface area contributed by atoms with Crippen molar-refractivity contribution in [2.45, 2.75) is 47.6 Å². The second-order valence-electron chi connectivity index (χ2n) is 7.61. The highest BCUT2D eigenvalue weighted by molar-refractivity contribution is 9.11. The van der Waals surface area contributed by atoms with Crippen LogP contribution in [0.3, 0.4) is 0 Å². The van der Waals surface area contributed by atoms with Crippen LogP contribution in [0.1, 0.15) is 57.5 Å². The summed E-state index contributed by atoms with van der Waals surface area (Å²) >= 11 is 3.36. The zero-order valence-electron chi connectivity index (χ0n) is 18.7. The Balaban J connectivity index is 0. The smallest absolute Gasteiger partial charge is 0.150 e. The number of aldehydes is 1. The Bertz CT molecular complexity index is 681. The number of hydrogen-bond donors (Lipinski definition) is 3. The highest BCUT2D eigenvalue weighted by Crippen LogP contribution is 2.13.